The summed E-state index contributed by atoms with van der Waals surface area (Å²) in [5.74, 6) is 0.419. The summed E-state index contributed by atoms with van der Waals surface area (Å²) >= 11 is 1.04. The van der Waals surface area contributed by atoms with Crippen molar-refractivity contribution in [3.8, 4) is 0 Å². The topological polar surface area (TPSA) is 43.4 Å². The highest BCUT2D eigenvalue weighted by molar-refractivity contribution is 8.01. The van der Waals surface area contributed by atoms with Crippen LogP contribution in [0, 0.1) is 0 Å². The summed E-state index contributed by atoms with van der Waals surface area (Å²) in [6, 6.07) is 9.11. The van der Waals surface area contributed by atoms with Gasteiger partial charge in [-0.05, 0) is 24.5 Å². The van der Waals surface area contributed by atoms with Crippen LogP contribution in [0.5, 0.6) is 0 Å². The Balaban J connectivity index is 2.13. The molecule has 2 rings (SSSR count). The van der Waals surface area contributed by atoms with Gasteiger partial charge in [0.05, 0.1) is 0 Å². The number of hydrogen-bond donors (Lipinski definition) is 0. The quantitative estimate of drug-likeness (QED) is 0.468. The lowest BCUT2D eigenvalue weighted by Crippen LogP contribution is -2.35. The predicted molar refractivity (Wildman–Crippen MR) is 75.2 cm³/mol. The molecule has 1 aromatic carbocycles. The molecule has 116 valence electrons. The maximum Gasteiger partial charge on any atom is 0.523 e. The molecule has 0 amide bonds. The second-order valence-electron chi connectivity index (χ2n) is 4.49. The van der Waals surface area contributed by atoms with Crippen LogP contribution in [0.1, 0.15) is 12.0 Å². The van der Waals surface area contributed by atoms with Crippen LogP contribution in [-0.2, 0) is 20.7 Å². The molecule has 1 atom stereocenters. The van der Waals surface area contributed by atoms with Gasteiger partial charge < -0.3 is 0 Å². The summed E-state index contributed by atoms with van der Waals surface area (Å²) in [4.78, 5) is -1.48. The third kappa shape index (κ3) is 4.02. The van der Waals surface area contributed by atoms with Crippen LogP contribution in [0.4, 0.5) is 13.2 Å². The Morgan fingerprint density at radius 1 is 1.24 bits per heavy atom. The van der Waals surface area contributed by atoms with Gasteiger partial charge in [0.2, 0.25) is 0 Å². The molecule has 0 aliphatic carbocycles. The van der Waals surface area contributed by atoms with E-state index in [1.54, 1.807) is 6.08 Å². The van der Waals surface area contributed by atoms with Crippen LogP contribution in [0.3, 0.4) is 0 Å². The van der Waals surface area contributed by atoms with Crippen LogP contribution in [0.25, 0.3) is 0 Å². The fourth-order valence-electron chi connectivity index (χ4n) is 1.91. The molecule has 0 N–H and O–H groups in total. The number of halogens is 3. The van der Waals surface area contributed by atoms with Gasteiger partial charge in [-0.25, -0.2) is 4.18 Å². The van der Waals surface area contributed by atoms with E-state index in [4.69, 9.17) is 0 Å². The molecule has 0 saturated heterocycles. The molecule has 1 heterocycles. The third-order valence-corrected chi connectivity index (χ3v) is 5.40. The zero-order valence-electron chi connectivity index (χ0n) is 10.8. The van der Waals surface area contributed by atoms with Crippen molar-refractivity contribution in [2.24, 2.45) is 0 Å². The van der Waals surface area contributed by atoms with Crippen LogP contribution in [-0.4, -0.2) is 24.6 Å². The van der Waals surface area contributed by atoms with E-state index in [0.29, 0.717) is 12.2 Å². The van der Waals surface area contributed by atoms with E-state index in [2.05, 4.69) is 4.18 Å². The van der Waals surface area contributed by atoms with Gasteiger partial charge in [0.25, 0.3) is 0 Å². The zero-order valence-corrected chi connectivity index (χ0v) is 12.5. The molecular formula is C13H13F3O3S2. The predicted octanol–water partition coefficient (Wildman–Crippen LogP) is 3.48. The van der Waals surface area contributed by atoms with Crippen LogP contribution in [0.15, 0.2) is 42.5 Å². The molecule has 0 aromatic heterocycles. The molecule has 0 bridgehead atoms. The summed E-state index contributed by atoms with van der Waals surface area (Å²) in [7, 11) is -5.62. The standard InChI is InChI=1S/C13H13F3O3S2/c14-13(15,16)21(17,18)19-12(8-4-10-20-12)9-7-11-5-2-1-3-6-11/h1-6,8H,7,9-10H2. The Morgan fingerprint density at radius 2 is 1.90 bits per heavy atom. The number of hydrogen-bond acceptors (Lipinski definition) is 4. The van der Waals surface area contributed by atoms with Gasteiger partial charge in [-0.1, -0.05) is 36.4 Å². The third-order valence-electron chi connectivity index (χ3n) is 2.93. The first-order valence-electron chi connectivity index (χ1n) is 6.12. The summed E-state index contributed by atoms with van der Waals surface area (Å²) in [6.07, 6.45) is 3.57. The Kier molecular flexibility index (Phi) is 4.69. The molecule has 21 heavy (non-hydrogen) atoms. The maximum absolute atomic E-state index is 12.5. The number of aryl methyl sites for hydroxylation is 1. The molecule has 0 fully saturated rings. The number of alkyl halides is 3. The maximum atomic E-state index is 12.5. The monoisotopic (exact) mass is 338 g/mol. The normalized spacial score (nSPS) is 22.6. The first kappa shape index (κ1) is 16.4. The van der Waals surface area contributed by atoms with Crippen molar-refractivity contribution in [2.45, 2.75) is 23.3 Å². The second-order valence-corrected chi connectivity index (χ2v) is 7.34. The summed E-state index contributed by atoms with van der Waals surface area (Å²) < 4.78 is 64.4. The number of rotatable bonds is 5. The Labute approximate surface area is 125 Å². The Hall–Kier alpha value is -0.990. The molecule has 1 aliphatic rings. The fourth-order valence-corrected chi connectivity index (χ4v) is 3.89. The Bertz CT molecular complexity index is 611. The largest absolute Gasteiger partial charge is 0.523 e. The van der Waals surface area contributed by atoms with Gasteiger partial charge in [0, 0.05) is 5.75 Å². The molecule has 0 spiro atoms. The Morgan fingerprint density at radius 3 is 2.43 bits per heavy atom. The smallest absolute Gasteiger partial charge is 0.241 e. The van der Waals surface area contributed by atoms with Crippen molar-refractivity contribution in [1.82, 2.24) is 0 Å². The van der Waals surface area contributed by atoms with Gasteiger partial charge in [0.1, 0.15) is 0 Å². The van der Waals surface area contributed by atoms with Crippen LogP contribution < -0.4 is 0 Å². The van der Waals surface area contributed by atoms with E-state index < -0.39 is 20.6 Å². The van der Waals surface area contributed by atoms with Crippen LogP contribution >= 0.6 is 11.8 Å². The van der Waals surface area contributed by atoms with Crippen LogP contribution in [0.2, 0.25) is 0 Å². The molecule has 1 aliphatic heterocycles. The minimum absolute atomic E-state index is 0.146. The first-order valence-corrected chi connectivity index (χ1v) is 8.51. The van der Waals surface area contributed by atoms with E-state index in [-0.39, 0.29) is 6.42 Å². The lowest BCUT2D eigenvalue weighted by molar-refractivity contribution is -0.0573. The molecule has 0 radical (unpaired) electrons. The minimum Gasteiger partial charge on any atom is -0.241 e. The van der Waals surface area contributed by atoms with Gasteiger partial charge in [-0.15, -0.1) is 11.8 Å². The van der Waals surface area contributed by atoms with E-state index in [1.807, 2.05) is 30.3 Å². The zero-order chi connectivity index (χ0) is 15.6. The van der Waals surface area contributed by atoms with Gasteiger partial charge in [0.15, 0.2) is 4.93 Å². The summed E-state index contributed by atoms with van der Waals surface area (Å²) in [6.45, 7) is 0. The number of thioether (sulfide) groups is 1. The van der Waals surface area contributed by atoms with E-state index in [9.17, 15) is 21.6 Å². The van der Waals surface area contributed by atoms with Crippen molar-refractivity contribution in [1.29, 1.82) is 0 Å². The summed E-state index contributed by atoms with van der Waals surface area (Å²) in [5.41, 5.74) is -4.50. The van der Waals surface area contributed by atoms with E-state index in [1.165, 1.54) is 6.08 Å². The fraction of sp³-hybridized carbons (Fsp3) is 0.385. The second kappa shape index (κ2) is 6.02. The highest BCUT2D eigenvalue weighted by Gasteiger charge is 2.52. The van der Waals surface area contributed by atoms with E-state index in [0.717, 1.165) is 17.3 Å². The lowest BCUT2D eigenvalue weighted by atomic mass is 10.1. The van der Waals surface area contributed by atoms with E-state index >= 15 is 0 Å². The SMILES string of the molecule is O=S(=O)(OC1(CCc2ccccc2)C=CCS1)C(F)(F)F. The van der Waals surface area contributed by atoms with Gasteiger partial charge in [-0.2, -0.15) is 21.6 Å². The highest BCUT2D eigenvalue weighted by atomic mass is 32.2. The van der Waals surface area contributed by atoms with Crippen molar-refractivity contribution < 1.29 is 25.8 Å². The first-order chi connectivity index (χ1) is 9.74. The highest BCUT2D eigenvalue weighted by Crippen LogP contribution is 2.42. The molecular weight excluding hydrogens is 325 g/mol. The van der Waals surface area contributed by atoms with Gasteiger partial charge >= 0.3 is 15.6 Å². The van der Waals surface area contributed by atoms with Crippen molar-refractivity contribution in [3.63, 3.8) is 0 Å². The molecule has 1 aromatic rings. The summed E-state index contributed by atoms with van der Waals surface area (Å²) in [5, 5.41) is 0. The lowest BCUT2D eigenvalue weighted by Gasteiger charge is -2.26. The number of benzene rings is 1. The minimum atomic E-state index is -5.62. The molecule has 3 nitrogen and oxygen atoms in total. The molecule has 8 heteroatoms. The molecule has 1 unspecified atom stereocenters. The van der Waals surface area contributed by atoms with Crippen molar-refractivity contribution >= 4 is 21.9 Å². The van der Waals surface area contributed by atoms with Crippen molar-refractivity contribution in [2.75, 3.05) is 5.75 Å². The van der Waals surface area contributed by atoms with Gasteiger partial charge in [-0.3, -0.25) is 0 Å². The average molecular weight is 338 g/mol. The van der Waals surface area contributed by atoms with Crippen molar-refractivity contribution in [3.05, 3.63) is 48.0 Å². The average Bonchev–Trinajstić information content (AvgIpc) is 2.85. The molecule has 0 saturated carbocycles.